The zero-order valence-electron chi connectivity index (χ0n) is 15.1. The van der Waals surface area contributed by atoms with Crippen molar-refractivity contribution in [2.75, 3.05) is 24.5 Å². The zero-order chi connectivity index (χ0) is 16.9. The van der Waals surface area contributed by atoms with Crippen LogP contribution in [-0.2, 0) is 11.2 Å². The molecule has 6 heteroatoms. The molecule has 1 aromatic carbocycles. The molecule has 0 aromatic heterocycles. The monoisotopic (exact) mass is 456 g/mol. The molecule has 0 spiro atoms. The van der Waals surface area contributed by atoms with Crippen LogP contribution in [-0.4, -0.2) is 37.5 Å². The first-order chi connectivity index (χ1) is 11.7. The van der Waals surface area contributed by atoms with Gasteiger partial charge in [-0.25, -0.2) is 0 Å². The van der Waals surface area contributed by atoms with Crippen molar-refractivity contribution in [2.24, 2.45) is 10.9 Å². The Morgan fingerprint density at radius 1 is 1.36 bits per heavy atom. The second-order valence-electron chi connectivity index (χ2n) is 6.75. The number of para-hydroxylation sites is 1. The summed E-state index contributed by atoms with van der Waals surface area (Å²) in [6.07, 6.45) is 3.52. The fraction of sp³-hybridized carbons (Fsp3) is 0.579. The number of guanidine groups is 1. The first kappa shape index (κ1) is 20.0. The van der Waals surface area contributed by atoms with Crippen molar-refractivity contribution in [3.05, 3.63) is 29.8 Å². The van der Waals surface area contributed by atoms with Gasteiger partial charge in [-0.1, -0.05) is 25.1 Å². The van der Waals surface area contributed by atoms with Gasteiger partial charge in [0.15, 0.2) is 5.96 Å². The summed E-state index contributed by atoms with van der Waals surface area (Å²) < 4.78 is 0. The van der Waals surface area contributed by atoms with E-state index >= 15 is 0 Å². The van der Waals surface area contributed by atoms with E-state index < -0.39 is 0 Å². The number of anilines is 1. The van der Waals surface area contributed by atoms with Crippen LogP contribution in [0, 0.1) is 5.92 Å². The van der Waals surface area contributed by atoms with E-state index in [1.807, 2.05) is 23.1 Å². The van der Waals surface area contributed by atoms with Crippen LogP contribution in [0.5, 0.6) is 0 Å². The predicted octanol–water partition coefficient (Wildman–Crippen LogP) is 2.94. The van der Waals surface area contributed by atoms with Gasteiger partial charge >= 0.3 is 0 Å². The van der Waals surface area contributed by atoms with Gasteiger partial charge in [-0.15, -0.1) is 24.0 Å². The van der Waals surface area contributed by atoms with E-state index in [0.29, 0.717) is 19.0 Å². The molecule has 0 bridgehead atoms. The average molecular weight is 456 g/mol. The molecule has 2 N–H and O–H groups in total. The summed E-state index contributed by atoms with van der Waals surface area (Å²) in [5.74, 6) is 1.83. The summed E-state index contributed by atoms with van der Waals surface area (Å²) >= 11 is 0. The van der Waals surface area contributed by atoms with Crippen molar-refractivity contribution < 1.29 is 4.79 Å². The van der Waals surface area contributed by atoms with Crippen LogP contribution in [0.1, 0.15) is 38.7 Å². The van der Waals surface area contributed by atoms with Crippen molar-refractivity contribution >= 4 is 41.5 Å². The maximum Gasteiger partial charge on any atom is 0.227 e. The van der Waals surface area contributed by atoms with E-state index in [0.717, 1.165) is 43.5 Å². The molecule has 25 heavy (non-hydrogen) atoms. The highest BCUT2D eigenvalue weighted by atomic mass is 127. The lowest BCUT2D eigenvalue weighted by atomic mass is 10.2. The SMILES string of the molecule is CCNC(=NCCCC(=O)N1CCc2ccccc21)NC1CC1C.I. The number of carbonyl (C=O) groups is 1. The standard InChI is InChI=1S/C19H28N4O.HI/c1-3-20-19(22-16-13-14(16)2)21-11-6-9-18(24)23-12-10-15-7-4-5-8-17(15)23;/h4-5,7-8,14,16H,3,6,9-13H2,1-2H3,(H2,20,21,22);1H. The van der Waals surface area contributed by atoms with E-state index in [-0.39, 0.29) is 29.9 Å². The molecule has 2 atom stereocenters. The number of aliphatic imine (C=N–C) groups is 1. The number of amides is 1. The maximum absolute atomic E-state index is 12.5. The lowest BCUT2D eigenvalue weighted by molar-refractivity contribution is -0.118. The fourth-order valence-electron chi connectivity index (χ4n) is 3.17. The molecule has 1 aromatic rings. The molecule has 2 unspecified atom stereocenters. The fourth-order valence-corrected chi connectivity index (χ4v) is 3.17. The van der Waals surface area contributed by atoms with Crippen molar-refractivity contribution in [3.63, 3.8) is 0 Å². The van der Waals surface area contributed by atoms with Gasteiger partial charge in [0.2, 0.25) is 5.91 Å². The molecule has 0 saturated heterocycles. The molecule has 138 valence electrons. The Bertz CT molecular complexity index is 619. The van der Waals surface area contributed by atoms with E-state index in [4.69, 9.17) is 0 Å². The summed E-state index contributed by atoms with van der Waals surface area (Å²) in [6.45, 7) is 6.66. The highest BCUT2D eigenvalue weighted by Gasteiger charge is 2.33. The van der Waals surface area contributed by atoms with Crippen molar-refractivity contribution in [1.29, 1.82) is 0 Å². The number of benzene rings is 1. The first-order valence-corrected chi connectivity index (χ1v) is 9.12. The van der Waals surface area contributed by atoms with Crippen LogP contribution in [0.25, 0.3) is 0 Å². The topological polar surface area (TPSA) is 56.7 Å². The second-order valence-corrected chi connectivity index (χ2v) is 6.75. The number of nitrogens with one attached hydrogen (secondary N) is 2. The van der Waals surface area contributed by atoms with Crippen LogP contribution in [0.2, 0.25) is 0 Å². The van der Waals surface area contributed by atoms with Crippen molar-refractivity contribution in [3.8, 4) is 0 Å². The largest absolute Gasteiger partial charge is 0.357 e. The Labute approximate surface area is 167 Å². The molecule has 2 aliphatic rings. The van der Waals surface area contributed by atoms with Gasteiger partial charge in [0, 0.05) is 37.8 Å². The predicted molar refractivity (Wildman–Crippen MR) is 114 cm³/mol. The number of halogens is 1. The molecule has 1 amide bonds. The first-order valence-electron chi connectivity index (χ1n) is 9.12. The molecular formula is C19H29IN4O. The molecule has 1 saturated carbocycles. The number of fused-ring (bicyclic) bond motifs is 1. The summed E-state index contributed by atoms with van der Waals surface area (Å²) in [5.41, 5.74) is 2.37. The molecule has 1 aliphatic carbocycles. The van der Waals surface area contributed by atoms with Crippen molar-refractivity contribution in [2.45, 2.75) is 45.6 Å². The third-order valence-electron chi connectivity index (χ3n) is 4.78. The molecule has 3 rings (SSSR count). The second kappa shape index (κ2) is 9.40. The highest BCUT2D eigenvalue weighted by molar-refractivity contribution is 14.0. The molecule has 1 aliphatic heterocycles. The maximum atomic E-state index is 12.5. The van der Waals surface area contributed by atoms with Gasteiger partial charge in [0.25, 0.3) is 0 Å². The number of nitrogens with zero attached hydrogens (tertiary/aromatic N) is 2. The number of hydrogen-bond acceptors (Lipinski definition) is 2. The molecule has 1 fully saturated rings. The molecule has 5 nitrogen and oxygen atoms in total. The Kier molecular flexibility index (Phi) is 7.53. The van der Waals surface area contributed by atoms with Gasteiger partial charge < -0.3 is 15.5 Å². The molecule has 1 heterocycles. The lowest BCUT2D eigenvalue weighted by Gasteiger charge is -2.17. The van der Waals surface area contributed by atoms with Gasteiger partial charge in [-0.3, -0.25) is 9.79 Å². The van der Waals surface area contributed by atoms with Crippen LogP contribution >= 0.6 is 24.0 Å². The molecule has 0 radical (unpaired) electrons. The van der Waals surface area contributed by atoms with E-state index in [2.05, 4.69) is 35.5 Å². The molecular weight excluding hydrogens is 427 g/mol. The number of rotatable bonds is 6. The van der Waals surface area contributed by atoms with Gasteiger partial charge in [-0.2, -0.15) is 0 Å². The van der Waals surface area contributed by atoms with Crippen LogP contribution in [0.3, 0.4) is 0 Å². The minimum atomic E-state index is 0. The zero-order valence-corrected chi connectivity index (χ0v) is 17.5. The smallest absolute Gasteiger partial charge is 0.227 e. The summed E-state index contributed by atoms with van der Waals surface area (Å²) in [4.78, 5) is 19.0. The van der Waals surface area contributed by atoms with Gasteiger partial charge in [0.1, 0.15) is 0 Å². The third-order valence-corrected chi connectivity index (χ3v) is 4.78. The number of hydrogen-bond donors (Lipinski definition) is 2. The quantitative estimate of drug-likeness (QED) is 0.300. The number of carbonyl (C=O) groups excluding carboxylic acids is 1. The summed E-state index contributed by atoms with van der Waals surface area (Å²) in [6, 6.07) is 8.76. The Morgan fingerprint density at radius 3 is 2.84 bits per heavy atom. The normalized spacial score (nSPS) is 21.4. The Morgan fingerprint density at radius 2 is 2.12 bits per heavy atom. The van der Waals surface area contributed by atoms with E-state index in [1.165, 1.54) is 12.0 Å². The summed E-state index contributed by atoms with van der Waals surface area (Å²) in [7, 11) is 0. The van der Waals surface area contributed by atoms with Crippen LogP contribution in [0.4, 0.5) is 5.69 Å². The minimum absolute atomic E-state index is 0. The van der Waals surface area contributed by atoms with Gasteiger partial charge in [0.05, 0.1) is 0 Å². The third kappa shape index (κ3) is 5.33. The van der Waals surface area contributed by atoms with Crippen molar-refractivity contribution in [1.82, 2.24) is 10.6 Å². The van der Waals surface area contributed by atoms with E-state index in [1.54, 1.807) is 0 Å². The van der Waals surface area contributed by atoms with Gasteiger partial charge in [-0.05, 0) is 43.7 Å². The van der Waals surface area contributed by atoms with E-state index in [9.17, 15) is 4.79 Å². The average Bonchev–Trinajstić information content (AvgIpc) is 3.11. The Balaban J connectivity index is 0.00000225. The minimum Gasteiger partial charge on any atom is -0.357 e. The van der Waals surface area contributed by atoms with Crippen LogP contribution in [0.15, 0.2) is 29.3 Å². The van der Waals surface area contributed by atoms with Crippen LogP contribution < -0.4 is 15.5 Å². The summed E-state index contributed by atoms with van der Waals surface area (Å²) in [5, 5.41) is 6.72. The Hall–Kier alpha value is -1.31. The lowest BCUT2D eigenvalue weighted by Crippen LogP contribution is -2.39. The highest BCUT2D eigenvalue weighted by Crippen LogP contribution is 2.29.